The number of rotatable bonds is 9. The van der Waals surface area contributed by atoms with Gasteiger partial charge in [0.1, 0.15) is 107 Å². The summed E-state index contributed by atoms with van der Waals surface area (Å²) in [6.07, 6.45) is -12.9. The predicted molar refractivity (Wildman–Crippen MR) is 405 cm³/mol. The number of benzene rings is 9. The number of fused-ring (bicyclic) bond motifs is 15. The van der Waals surface area contributed by atoms with Gasteiger partial charge in [0.2, 0.25) is 51.2 Å². The Balaban J connectivity index is 0.955. The highest BCUT2D eigenvalue weighted by atomic mass is 35.5. The Bertz CT molecular complexity index is 5610. The van der Waals surface area contributed by atoms with Crippen LogP contribution in [0.5, 0.6) is 69.0 Å². The van der Waals surface area contributed by atoms with Gasteiger partial charge in [-0.25, -0.2) is 13.2 Å². The van der Waals surface area contributed by atoms with Crippen LogP contribution in [0.3, 0.4) is 0 Å². The van der Waals surface area contributed by atoms with Crippen LogP contribution in [0.4, 0.5) is 5.69 Å². The van der Waals surface area contributed by atoms with Gasteiger partial charge in [-0.05, 0) is 124 Å². The van der Waals surface area contributed by atoms with Crippen molar-refractivity contribution in [2.75, 3.05) is 25.6 Å². The first-order chi connectivity index (χ1) is 54.7. The van der Waals surface area contributed by atoms with Gasteiger partial charge in [0.15, 0.2) is 35.3 Å². The van der Waals surface area contributed by atoms with Crippen molar-refractivity contribution < 1.29 is 122 Å². The molecule has 0 aliphatic carbocycles. The van der Waals surface area contributed by atoms with Gasteiger partial charge < -0.3 is 117 Å². The Morgan fingerprint density at radius 1 is 0.591 bits per heavy atom. The fourth-order valence-corrected chi connectivity index (χ4v) is 16.3. The quantitative estimate of drug-likeness (QED) is 0.0905. The van der Waals surface area contributed by atoms with E-state index in [1.807, 2.05) is 0 Å². The highest BCUT2D eigenvalue weighted by Gasteiger charge is 2.50. The average molecular weight is 1640 g/mol. The molecule has 9 aromatic rings. The monoisotopic (exact) mass is 1640 g/mol. The zero-order chi connectivity index (χ0) is 82.1. The molecule has 14 atom stereocenters. The molecule has 37 heteroatoms. The summed E-state index contributed by atoms with van der Waals surface area (Å²) in [5.74, 6) is -16.5. The minimum absolute atomic E-state index is 0.162. The van der Waals surface area contributed by atoms with E-state index in [9.17, 15) is 65.8 Å². The van der Waals surface area contributed by atoms with Gasteiger partial charge in [-0.1, -0.05) is 71.7 Å². The second kappa shape index (κ2) is 31.6. The lowest BCUT2D eigenvalue weighted by Gasteiger charge is -2.44. The molecule has 7 heterocycles. The third-order valence-corrected chi connectivity index (χ3v) is 22.0. The summed E-state index contributed by atoms with van der Waals surface area (Å²) < 4.78 is 64.1. The number of carbonyl (C=O) groups is 7. The molecule has 1 fully saturated rings. The highest BCUT2D eigenvalue weighted by molar-refractivity contribution is 7.89. The molecule has 16 rings (SSSR count). The number of hydrogen-bond acceptors (Lipinski definition) is 26. The fourth-order valence-electron chi connectivity index (χ4n) is 14.4. The predicted octanol–water partition coefficient (Wildman–Crippen LogP) is 4.98. The van der Waals surface area contributed by atoms with E-state index in [2.05, 4.69) is 41.9 Å². The number of carboxylic acid groups (broad SMARTS) is 1. The van der Waals surface area contributed by atoms with Gasteiger partial charge in [-0.2, -0.15) is 4.72 Å². The number of carboxylic acids is 1. The highest BCUT2D eigenvalue weighted by Crippen LogP contribution is 2.49. The molecule has 0 aromatic heterocycles. The molecule has 1 unspecified atom stereocenters. The number of ether oxygens (including phenoxy) is 5. The van der Waals surface area contributed by atoms with Crippen LogP contribution >= 0.6 is 23.2 Å². The molecule has 1 saturated heterocycles. The van der Waals surface area contributed by atoms with Gasteiger partial charge in [-0.3, -0.25) is 34.1 Å². The Hall–Kier alpha value is -12.3. The Morgan fingerprint density at radius 2 is 1.24 bits per heavy atom. The van der Waals surface area contributed by atoms with E-state index in [-0.39, 0.29) is 65.9 Å². The first-order valence-electron chi connectivity index (χ1n) is 35.2. The Kier molecular flexibility index (Phi) is 21.8. The number of halogens is 2. The molecule has 0 spiro atoms. The second-order valence-electron chi connectivity index (χ2n) is 27.9. The van der Waals surface area contributed by atoms with Crippen molar-refractivity contribution in [3.63, 3.8) is 0 Å². The lowest BCUT2D eigenvalue weighted by Crippen LogP contribution is -2.65. The normalized spacial score (nSPS) is 24.2. The largest absolute Gasteiger partial charge is 0.508 e. The molecule has 7 aliphatic rings. The number of phenols is 6. The number of anilines is 1. The SMILES string of the molecule is CC(=O)N[C@H]1[C@H](O[C@@H]2c3ccc(c(Cl)c3)Oc3cc4cc(c3O)Oc3ccc(cc3Cl)C[C@H]3NC(=O)[C@H](NS(=O)(=O)c5cccc6c(N(C)C)cccc56)c5ccc(O)c(c5)Oc5cc(O)cc(c5)[C@H](NC3=O)C(=O)N[C@H]4C(O)N[C@H]3C(=O)N[C@H]2C(=O)N[C@@H](C(=O)O)c2cc(O)cc(O)c2-c2cc3ccc2O)O[C@H](CO)[C@@H](O)[C@@H]1O. The molecule has 9 aromatic carbocycles. The topological polar surface area (TPSA) is 522 Å². The van der Waals surface area contributed by atoms with Crippen molar-refractivity contribution in [1.82, 2.24) is 41.9 Å². The van der Waals surface area contributed by atoms with Crippen LogP contribution in [0.25, 0.3) is 21.9 Å². The van der Waals surface area contributed by atoms with Crippen molar-refractivity contribution in [3.05, 3.63) is 201 Å². The number of nitrogens with one attached hydrogen (secondary N) is 8. The molecule has 598 valence electrons. The van der Waals surface area contributed by atoms with Gasteiger partial charge >= 0.3 is 5.97 Å². The first kappa shape index (κ1) is 79.4. The van der Waals surface area contributed by atoms with E-state index >= 15 is 32.4 Å². The summed E-state index contributed by atoms with van der Waals surface area (Å²) in [6.45, 7) is 0.00903. The lowest BCUT2D eigenvalue weighted by atomic mass is 9.89. The molecule has 17 bridgehead atoms. The summed E-state index contributed by atoms with van der Waals surface area (Å²) in [6, 6.07) is 13.4. The first-order valence-corrected chi connectivity index (χ1v) is 37.4. The number of phenolic OH excluding ortho intramolecular Hbond substituents is 6. The van der Waals surface area contributed by atoms with E-state index < -0.39 is 223 Å². The maximum Gasteiger partial charge on any atom is 0.330 e. The molecule has 6 amide bonds. The molecule has 19 N–H and O–H groups in total. The number of hydrogen-bond donors (Lipinski definition) is 19. The van der Waals surface area contributed by atoms with Crippen molar-refractivity contribution >= 4 is 91.1 Å². The number of sulfonamides is 1. The molecule has 0 radical (unpaired) electrons. The minimum atomic E-state index is -4.82. The van der Waals surface area contributed by atoms with E-state index in [1.165, 1.54) is 42.5 Å². The fraction of sp³-hybridized carbons (Fsp3) is 0.244. The second-order valence-corrected chi connectivity index (χ2v) is 30.4. The number of carbonyl (C=O) groups excluding carboxylic acids is 6. The van der Waals surface area contributed by atoms with Gasteiger partial charge in [0.25, 0.3) is 0 Å². The van der Waals surface area contributed by atoms with Crippen LogP contribution in [0.2, 0.25) is 10.0 Å². The number of aliphatic carboxylic acids is 1. The molecule has 115 heavy (non-hydrogen) atoms. The van der Waals surface area contributed by atoms with Crippen LogP contribution in [0, 0.1) is 0 Å². The number of nitrogens with zero attached hydrogens (tertiary/aromatic N) is 1. The van der Waals surface area contributed by atoms with Crippen molar-refractivity contribution in [2.24, 2.45) is 0 Å². The van der Waals surface area contributed by atoms with Crippen LogP contribution in [0.1, 0.15) is 82.2 Å². The lowest BCUT2D eigenvalue weighted by molar-refractivity contribution is -0.284. The Morgan fingerprint density at radius 3 is 1.94 bits per heavy atom. The van der Waals surface area contributed by atoms with E-state index in [1.54, 1.807) is 43.3 Å². The third-order valence-electron chi connectivity index (χ3n) is 19.9. The smallest absolute Gasteiger partial charge is 0.330 e. The van der Waals surface area contributed by atoms with Crippen molar-refractivity contribution in [2.45, 2.75) is 104 Å². The van der Waals surface area contributed by atoms with Gasteiger partial charge in [0.05, 0.1) is 27.6 Å². The zero-order valence-corrected chi connectivity index (χ0v) is 62.5. The van der Waals surface area contributed by atoms with E-state index in [0.717, 1.165) is 91.9 Å². The minimum Gasteiger partial charge on any atom is -0.508 e. The van der Waals surface area contributed by atoms with E-state index in [0.29, 0.717) is 11.1 Å². The maximum absolute atomic E-state index is 16.2. The molecular formula is C78H71Cl2N9O25S. The molecule has 34 nitrogen and oxygen atoms in total. The summed E-state index contributed by atoms with van der Waals surface area (Å²) in [5.41, 5.74) is -2.31. The summed E-state index contributed by atoms with van der Waals surface area (Å²) >= 11 is 14.2. The number of aromatic hydroxyl groups is 6. The van der Waals surface area contributed by atoms with Crippen molar-refractivity contribution in [1.29, 1.82) is 0 Å². The van der Waals surface area contributed by atoms with Crippen LogP contribution in [-0.4, -0.2) is 176 Å². The van der Waals surface area contributed by atoms with E-state index in [4.69, 9.17) is 46.9 Å². The summed E-state index contributed by atoms with van der Waals surface area (Å²) in [7, 11) is -1.30. The zero-order valence-electron chi connectivity index (χ0n) is 60.2. The van der Waals surface area contributed by atoms with Gasteiger partial charge in [-0.15, -0.1) is 0 Å². The Labute approximate surface area is 661 Å². The van der Waals surface area contributed by atoms with Crippen molar-refractivity contribution in [3.8, 4) is 80.1 Å². The van der Waals surface area contributed by atoms with Crippen LogP contribution in [-0.2, 0) is 59.5 Å². The molecular weight excluding hydrogens is 1570 g/mol. The number of amides is 6. The number of aliphatic hydroxyl groups is 4. The average Bonchev–Trinajstić information content (AvgIpc) is 0.764. The third kappa shape index (κ3) is 15.8. The molecule has 7 aliphatic heterocycles. The van der Waals surface area contributed by atoms with Gasteiger partial charge in [0, 0.05) is 72.7 Å². The summed E-state index contributed by atoms with van der Waals surface area (Å²) in [5, 5.41) is 146. The number of aliphatic hydroxyl groups excluding tert-OH is 4. The maximum atomic E-state index is 16.2. The summed E-state index contributed by atoms with van der Waals surface area (Å²) in [4.78, 5) is 107. The standard InChI is InChI=1S/C78H71Cl2N9O25S/c1-31(91)81-65-69(99)68(98)57(30-90)113-78(65)114-70-35-13-17-53(46(80)23-35)112-56-26-37-25-55(67(56)97)111-52-16-10-32(18-45(52)79)19-47-71(100)83-61(73(102)85-62(37)74(103)84-60-33-11-14-49(94)43(22-33)59-44(28-39(93)29-51(59)96)64(77(106)107)86-76(105)66(70)87-72(60)101)36-20-38(92)27-40(21-36)110-54-24-34(12-15-50(54)95)63(75(104)82-47)88-115(108,109)58-9-5-6-41-42(58)7-4-8-48(41)89(2)3/h4-18,20-29,47,57,60-66,68-70,74,78,84,88,90,92-99,103H,19,30H2,1-3H3,(H,81,91)(H,82,104)(H,83,100)(H,85,102)(H,86,105)(H,87,101)(H,106,107)/t47-,57-,60-,61+,62-,63-,64-,65-,66-,68-,69-,70-,74?,78+/m1/s1. The molecule has 0 saturated carbocycles. The van der Waals surface area contributed by atoms with Crippen LogP contribution in [0.15, 0.2) is 157 Å². The van der Waals surface area contributed by atoms with Crippen LogP contribution < -0.4 is 61.1 Å².